The minimum Gasteiger partial charge on any atom is -0.375 e. The van der Waals surface area contributed by atoms with Crippen molar-refractivity contribution >= 4 is 33.3 Å². The molecule has 0 aromatic heterocycles. The van der Waals surface area contributed by atoms with E-state index in [9.17, 15) is 14.7 Å². The molecule has 174 valence electrons. The second-order valence-electron chi connectivity index (χ2n) is 9.63. The Bertz CT molecular complexity index is 1310. The van der Waals surface area contributed by atoms with Gasteiger partial charge in [-0.1, -0.05) is 51.8 Å². The number of ketones is 1. The van der Waals surface area contributed by atoms with E-state index in [4.69, 9.17) is 0 Å². The number of halogens is 1. The molecule has 0 bridgehead atoms. The molecule has 5 rings (SSSR count). The highest BCUT2D eigenvalue weighted by Crippen LogP contribution is 2.45. The van der Waals surface area contributed by atoms with Crippen LogP contribution in [0.4, 0.5) is 5.69 Å². The number of nitrogens with zero attached hydrogens (tertiary/aromatic N) is 1. The van der Waals surface area contributed by atoms with Crippen molar-refractivity contribution in [1.29, 1.82) is 0 Å². The molecule has 4 nitrogen and oxygen atoms in total. The van der Waals surface area contributed by atoms with E-state index in [0.29, 0.717) is 23.4 Å². The normalized spacial score (nSPS) is 19.2. The molecule has 1 aliphatic carbocycles. The topological polar surface area (TPSA) is 57.6 Å². The summed E-state index contributed by atoms with van der Waals surface area (Å²) in [4.78, 5) is 28.7. The highest BCUT2D eigenvalue weighted by atomic mass is 79.9. The molecule has 5 heteroatoms. The van der Waals surface area contributed by atoms with Gasteiger partial charge in [0.2, 0.25) is 0 Å². The lowest BCUT2D eigenvalue weighted by molar-refractivity contribution is -0.136. The van der Waals surface area contributed by atoms with Crippen molar-refractivity contribution in [3.8, 4) is 0 Å². The molecule has 1 amide bonds. The molecule has 2 aliphatic rings. The number of aliphatic hydroxyl groups is 1. The van der Waals surface area contributed by atoms with Crippen molar-refractivity contribution in [2.75, 3.05) is 4.90 Å². The fourth-order valence-electron chi connectivity index (χ4n) is 5.23. The fourth-order valence-corrected chi connectivity index (χ4v) is 5.59. The zero-order valence-corrected chi connectivity index (χ0v) is 21.1. The minimum atomic E-state index is -1.90. The van der Waals surface area contributed by atoms with Crippen molar-refractivity contribution < 1.29 is 14.7 Å². The van der Waals surface area contributed by atoms with Gasteiger partial charge in [0.25, 0.3) is 5.91 Å². The number of hydrogen-bond acceptors (Lipinski definition) is 3. The van der Waals surface area contributed by atoms with Gasteiger partial charge in [-0.15, -0.1) is 0 Å². The van der Waals surface area contributed by atoms with Crippen LogP contribution in [0.2, 0.25) is 0 Å². The number of aryl methyl sites for hydroxylation is 4. The van der Waals surface area contributed by atoms with Gasteiger partial charge in [0, 0.05) is 15.6 Å². The quantitative estimate of drug-likeness (QED) is 0.425. The van der Waals surface area contributed by atoms with Gasteiger partial charge >= 0.3 is 0 Å². The van der Waals surface area contributed by atoms with E-state index in [0.717, 1.165) is 40.4 Å². The van der Waals surface area contributed by atoms with Crippen LogP contribution in [0.25, 0.3) is 0 Å². The average molecular weight is 518 g/mol. The molecule has 0 saturated heterocycles. The highest BCUT2D eigenvalue weighted by molar-refractivity contribution is 9.10. The van der Waals surface area contributed by atoms with Crippen LogP contribution in [-0.4, -0.2) is 16.8 Å². The molecule has 0 spiro atoms. The summed E-state index contributed by atoms with van der Waals surface area (Å²) in [6.07, 6.45) is 4.04. The summed E-state index contributed by atoms with van der Waals surface area (Å²) in [7, 11) is 0. The molecule has 0 fully saturated rings. The smallest absolute Gasteiger partial charge is 0.264 e. The Morgan fingerprint density at radius 2 is 1.76 bits per heavy atom. The largest absolute Gasteiger partial charge is 0.375 e. The number of rotatable bonds is 5. The molecule has 34 heavy (non-hydrogen) atoms. The summed E-state index contributed by atoms with van der Waals surface area (Å²) < 4.78 is 0.757. The summed E-state index contributed by atoms with van der Waals surface area (Å²) in [6.45, 7) is 4.38. The monoisotopic (exact) mass is 517 g/mol. The Labute approximate surface area is 208 Å². The fraction of sp³-hybridized carbons (Fsp3) is 0.310. The number of benzene rings is 3. The third-order valence-corrected chi connectivity index (χ3v) is 7.71. The number of hydrogen-bond donors (Lipinski definition) is 1. The summed E-state index contributed by atoms with van der Waals surface area (Å²) in [5.74, 6) is -0.670. The van der Waals surface area contributed by atoms with Gasteiger partial charge in [0.1, 0.15) is 0 Å². The standard InChI is InChI=1S/C29H28BrNO3/c1-18-7-8-19(2)23(13-18)17-31-26-12-11-24(30)15-25(26)29(34,28(31)33)16-27(32)22-10-9-20-5-3-4-6-21(20)14-22/h7-15,34H,3-6,16-17H2,1-2H3. The van der Waals surface area contributed by atoms with Gasteiger partial charge in [-0.2, -0.15) is 0 Å². The summed E-state index contributed by atoms with van der Waals surface area (Å²) in [5, 5.41) is 11.7. The van der Waals surface area contributed by atoms with Crippen molar-refractivity contribution in [3.05, 3.63) is 98.0 Å². The highest BCUT2D eigenvalue weighted by Gasteiger charge is 2.51. The van der Waals surface area contributed by atoms with Crippen LogP contribution in [0.15, 0.2) is 59.1 Å². The maximum absolute atomic E-state index is 13.7. The Morgan fingerprint density at radius 1 is 1.00 bits per heavy atom. The van der Waals surface area contributed by atoms with Gasteiger partial charge in [-0.05, 0) is 86.1 Å². The third-order valence-electron chi connectivity index (χ3n) is 7.21. The molecular weight excluding hydrogens is 490 g/mol. The summed E-state index contributed by atoms with van der Waals surface area (Å²) >= 11 is 3.47. The average Bonchev–Trinajstić information content (AvgIpc) is 3.02. The molecule has 1 atom stereocenters. The van der Waals surface area contributed by atoms with Crippen LogP contribution in [0, 0.1) is 13.8 Å². The molecule has 3 aromatic rings. The van der Waals surface area contributed by atoms with E-state index in [-0.39, 0.29) is 12.2 Å². The van der Waals surface area contributed by atoms with Crippen LogP contribution in [0.3, 0.4) is 0 Å². The lowest BCUT2D eigenvalue weighted by Gasteiger charge is -2.24. The Balaban J connectivity index is 1.49. The van der Waals surface area contributed by atoms with Crippen LogP contribution in [0.5, 0.6) is 0 Å². The molecule has 1 N–H and O–H groups in total. The van der Waals surface area contributed by atoms with Crippen LogP contribution >= 0.6 is 15.9 Å². The minimum absolute atomic E-state index is 0.219. The Morgan fingerprint density at radius 3 is 2.56 bits per heavy atom. The van der Waals surface area contributed by atoms with Gasteiger partial charge in [-0.3, -0.25) is 9.59 Å². The van der Waals surface area contributed by atoms with Crippen molar-refractivity contribution in [3.63, 3.8) is 0 Å². The first-order valence-electron chi connectivity index (χ1n) is 11.8. The predicted molar refractivity (Wildman–Crippen MR) is 137 cm³/mol. The van der Waals surface area contributed by atoms with Crippen LogP contribution in [-0.2, 0) is 29.8 Å². The van der Waals surface area contributed by atoms with E-state index in [1.54, 1.807) is 11.0 Å². The Kier molecular flexibility index (Phi) is 5.95. The lowest BCUT2D eigenvalue weighted by atomic mass is 9.85. The molecule has 1 heterocycles. The number of Topliss-reactive ketones (excluding diaryl/α,β-unsaturated/α-hetero) is 1. The van der Waals surface area contributed by atoms with Gasteiger partial charge in [0.05, 0.1) is 18.7 Å². The number of fused-ring (bicyclic) bond motifs is 2. The first-order chi connectivity index (χ1) is 16.3. The number of amides is 1. The van der Waals surface area contributed by atoms with Crippen molar-refractivity contribution in [1.82, 2.24) is 0 Å². The van der Waals surface area contributed by atoms with E-state index in [1.165, 1.54) is 17.5 Å². The second kappa shape index (κ2) is 8.79. The predicted octanol–water partition coefficient (Wildman–Crippen LogP) is 5.95. The first kappa shape index (κ1) is 23.0. The maximum Gasteiger partial charge on any atom is 0.264 e. The zero-order chi connectivity index (χ0) is 24.0. The first-order valence-corrected chi connectivity index (χ1v) is 12.6. The number of carbonyl (C=O) groups excluding carboxylic acids is 2. The number of carbonyl (C=O) groups is 2. The van der Waals surface area contributed by atoms with E-state index < -0.39 is 11.5 Å². The molecule has 3 aromatic carbocycles. The molecule has 1 unspecified atom stereocenters. The van der Waals surface area contributed by atoms with Crippen molar-refractivity contribution in [2.45, 2.75) is 58.1 Å². The van der Waals surface area contributed by atoms with E-state index >= 15 is 0 Å². The van der Waals surface area contributed by atoms with E-state index in [2.05, 4.69) is 22.0 Å². The number of anilines is 1. The lowest BCUT2D eigenvalue weighted by Crippen LogP contribution is -2.41. The van der Waals surface area contributed by atoms with Gasteiger partial charge < -0.3 is 10.0 Å². The van der Waals surface area contributed by atoms with Gasteiger partial charge in [-0.25, -0.2) is 0 Å². The molecular formula is C29H28BrNO3. The van der Waals surface area contributed by atoms with Crippen LogP contribution in [0.1, 0.15) is 63.0 Å². The second-order valence-corrected chi connectivity index (χ2v) is 10.5. The zero-order valence-electron chi connectivity index (χ0n) is 19.5. The maximum atomic E-state index is 13.7. The van der Waals surface area contributed by atoms with E-state index in [1.807, 2.05) is 56.3 Å². The van der Waals surface area contributed by atoms with Crippen molar-refractivity contribution in [2.24, 2.45) is 0 Å². The molecule has 0 radical (unpaired) electrons. The Hall–Kier alpha value is -2.76. The van der Waals surface area contributed by atoms with Gasteiger partial charge in [0.15, 0.2) is 11.4 Å². The summed E-state index contributed by atoms with van der Waals surface area (Å²) in [5.41, 5.74) is 5.51. The SMILES string of the molecule is Cc1ccc(C)c(CN2C(=O)C(O)(CC(=O)c3ccc4c(c3)CCCC4)c3cc(Br)ccc32)c1. The van der Waals surface area contributed by atoms with Crippen LogP contribution < -0.4 is 4.90 Å². The summed E-state index contributed by atoms with van der Waals surface area (Å²) in [6, 6.07) is 17.4. The third kappa shape index (κ3) is 4.01. The molecule has 0 saturated carbocycles. The molecule has 1 aliphatic heterocycles.